The topological polar surface area (TPSA) is 105 Å². The molecular formula is C19H28N4O3. The minimum atomic E-state index is -0.271. The van der Waals surface area contributed by atoms with Gasteiger partial charge in [0.2, 0.25) is 0 Å². The Balaban J connectivity index is 2.19. The van der Waals surface area contributed by atoms with Crippen molar-refractivity contribution in [1.29, 1.82) is 0 Å². The predicted molar refractivity (Wildman–Crippen MR) is 102 cm³/mol. The molecule has 5 N–H and O–H groups in total. The number of amides is 2. The van der Waals surface area contributed by atoms with Crippen molar-refractivity contribution in [3.8, 4) is 5.75 Å². The van der Waals surface area contributed by atoms with Crippen LogP contribution < -0.4 is 26.4 Å². The summed E-state index contributed by atoms with van der Waals surface area (Å²) in [7, 11) is 0. The van der Waals surface area contributed by atoms with E-state index in [0.717, 1.165) is 19.3 Å². The zero-order chi connectivity index (χ0) is 19.1. The van der Waals surface area contributed by atoms with E-state index < -0.39 is 0 Å². The second kappa shape index (κ2) is 9.12. The van der Waals surface area contributed by atoms with Crippen LogP contribution in [0.2, 0.25) is 0 Å². The quantitative estimate of drug-likeness (QED) is 0.505. The minimum absolute atomic E-state index is 0.145. The molecule has 1 aliphatic rings. The van der Waals surface area contributed by atoms with Crippen LogP contribution >= 0.6 is 0 Å². The fourth-order valence-electron chi connectivity index (χ4n) is 2.29. The normalized spacial score (nSPS) is 14.3. The van der Waals surface area contributed by atoms with Crippen LogP contribution in [0.4, 0.5) is 5.69 Å². The van der Waals surface area contributed by atoms with Gasteiger partial charge in [0, 0.05) is 23.8 Å². The zero-order valence-electron chi connectivity index (χ0n) is 15.6. The number of carbonyl (C=O) groups is 2. The Bertz CT molecular complexity index is 696. The number of ether oxygens (including phenoxy) is 1. The smallest absolute Gasteiger partial charge is 0.269 e. The van der Waals surface area contributed by atoms with Gasteiger partial charge in [-0.25, -0.2) is 0 Å². The highest BCUT2D eigenvalue weighted by Crippen LogP contribution is 2.28. The molecule has 7 nitrogen and oxygen atoms in total. The molecule has 0 unspecified atom stereocenters. The van der Waals surface area contributed by atoms with Crippen LogP contribution in [-0.2, 0) is 4.79 Å². The summed E-state index contributed by atoms with van der Waals surface area (Å²) in [5.41, 5.74) is 7.81. The maximum absolute atomic E-state index is 12.1. The average Bonchev–Trinajstić information content (AvgIpc) is 3.44. The van der Waals surface area contributed by atoms with Crippen LogP contribution in [0.15, 0.2) is 29.6 Å². The van der Waals surface area contributed by atoms with E-state index in [1.165, 1.54) is 0 Å². The highest BCUT2D eigenvalue weighted by Gasteiger charge is 2.24. The lowest BCUT2D eigenvalue weighted by Crippen LogP contribution is -2.32. The van der Waals surface area contributed by atoms with Gasteiger partial charge in [0.05, 0.1) is 12.3 Å². The van der Waals surface area contributed by atoms with Crippen LogP contribution in [0.25, 0.3) is 0 Å². The lowest BCUT2D eigenvalue weighted by molar-refractivity contribution is -0.117. The van der Waals surface area contributed by atoms with Gasteiger partial charge in [-0.1, -0.05) is 6.92 Å². The standard InChI is InChI=1S/C19H28N4O3/c1-4-10-26-16-11-13(18(24)21-5-2)6-9-15(16)22-12(3)17(20)19(25)23-14-7-8-14/h6,9,11,14,22H,4-5,7-8,10,20H2,1-3H3,(H,21,24)(H,23,25)/b17-12-. The van der Waals surface area contributed by atoms with Gasteiger partial charge in [-0.05, 0) is 51.3 Å². The molecule has 0 spiro atoms. The molecule has 0 aromatic heterocycles. The Morgan fingerprint density at radius 3 is 2.62 bits per heavy atom. The van der Waals surface area contributed by atoms with E-state index in [9.17, 15) is 9.59 Å². The summed E-state index contributed by atoms with van der Waals surface area (Å²) in [6, 6.07) is 5.40. The van der Waals surface area contributed by atoms with Gasteiger partial charge in [0.15, 0.2) is 0 Å². The van der Waals surface area contributed by atoms with Crippen molar-refractivity contribution in [2.24, 2.45) is 5.73 Å². The minimum Gasteiger partial charge on any atom is -0.491 e. The van der Waals surface area contributed by atoms with E-state index in [1.54, 1.807) is 25.1 Å². The van der Waals surface area contributed by atoms with E-state index in [2.05, 4.69) is 16.0 Å². The molecule has 0 atom stereocenters. The van der Waals surface area contributed by atoms with Crippen LogP contribution in [-0.4, -0.2) is 31.0 Å². The van der Waals surface area contributed by atoms with Gasteiger partial charge < -0.3 is 26.4 Å². The molecule has 0 aliphatic heterocycles. The summed E-state index contributed by atoms with van der Waals surface area (Å²) < 4.78 is 5.76. The lowest BCUT2D eigenvalue weighted by atomic mass is 10.1. The fraction of sp³-hybridized carbons (Fsp3) is 0.474. The molecule has 1 aromatic rings. The molecule has 26 heavy (non-hydrogen) atoms. The third-order valence-electron chi connectivity index (χ3n) is 3.93. The summed E-state index contributed by atoms with van der Waals surface area (Å²) in [5, 5.41) is 8.76. The van der Waals surface area contributed by atoms with E-state index in [1.807, 2.05) is 13.8 Å². The number of benzene rings is 1. The van der Waals surface area contributed by atoms with Crippen molar-refractivity contribution in [1.82, 2.24) is 10.6 Å². The van der Waals surface area contributed by atoms with Gasteiger partial charge in [-0.15, -0.1) is 0 Å². The van der Waals surface area contributed by atoms with Gasteiger partial charge in [0.1, 0.15) is 11.4 Å². The predicted octanol–water partition coefficient (Wildman–Crippen LogP) is 2.11. The summed E-state index contributed by atoms with van der Waals surface area (Å²) >= 11 is 0. The molecule has 0 bridgehead atoms. The number of allylic oxidation sites excluding steroid dienone is 1. The first kappa shape index (κ1) is 19.6. The zero-order valence-corrected chi connectivity index (χ0v) is 15.6. The highest BCUT2D eigenvalue weighted by atomic mass is 16.5. The van der Waals surface area contributed by atoms with Crippen LogP contribution in [0.1, 0.15) is 50.4 Å². The summed E-state index contributed by atoms with van der Waals surface area (Å²) in [4.78, 5) is 24.1. The first-order valence-corrected chi connectivity index (χ1v) is 9.05. The summed E-state index contributed by atoms with van der Waals surface area (Å²) in [5.74, 6) is 0.119. The van der Waals surface area contributed by atoms with Crippen molar-refractivity contribution >= 4 is 17.5 Å². The monoisotopic (exact) mass is 360 g/mol. The second-order valence-corrected chi connectivity index (χ2v) is 6.33. The summed E-state index contributed by atoms with van der Waals surface area (Å²) in [6.07, 6.45) is 2.84. The number of carbonyl (C=O) groups excluding carboxylic acids is 2. The fourth-order valence-corrected chi connectivity index (χ4v) is 2.29. The maximum Gasteiger partial charge on any atom is 0.269 e. The van der Waals surface area contributed by atoms with E-state index in [-0.39, 0.29) is 23.6 Å². The third-order valence-corrected chi connectivity index (χ3v) is 3.93. The molecule has 1 aliphatic carbocycles. The number of nitrogens with two attached hydrogens (primary N) is 1. The lowest BCUT2D eigenvalue weighted by Gasteiger charge is -2.16. The van der Waals surface area contributed by atoms with Crippen molar-refractivity contribution in [2.45, 2.75) is 46.1 Å². The molecule has 7 heteroatoms. The number of anilines is 1. The largest absolute Gasteiger partial charge is 0.491 e. The first-order valence-electron chi connectivity index (χ1n) is 9.05. The summed E-state index contributed by atoms with van der Waals surface area (Å²) in [6.45, 7) is 6.69. The number of nitrogens with one attached hydrogen (secondary N) is 3. The molecule has 2 rings (SSSR count). The molecule has 0 radical (unpaired) electrons. The Morgan fingerprint density at radius 1 is 1.27 bits per heavy atom. The van der Waals surface area contributed by atoms with Gasteiger partial charge in [-0.3, -0.25) is 9.59 Å². The Morgan fingerprint density at radius 2 is 2.00 bits per heavy atom. The number of rotatable bonds is 9. The van der Waals surface area contributed by atoms with E-state index in [0.29, 0.717) is 35.8 Å². The van der Waals surface area contributed by atoms with Gasteiger partial charge in [-0.2, -0.15) is 0 Å². The average molecular weight is 360 g/mol. The Labute approximate surface area is 154 Å². The van der Waals surface area contributed by atoms with Crippen molar-refractivity contribution < 1.29 is 14.3 Å². The van der Waals surface area contributed by atoms with Gasteiger partial charge in [0.25, 0.3) is 11.8 Å². The Hall–Kier alpha value is -2.70. The highest BCUT2D eigenvalue weighted by molar-refractivity contribution is 5.96. The SMILES string of the molecule is CCCOc1cc(C(=O)NCC)ccc1N/C(C)=C(\N)C(=O)NC1CC1. The molecule has 1 aromatic carbocycles. The molecule has 0 heterocycles. The first-order chi connectivity index (χ1) is 12.5. The van der Waals surface area contributed by atoms with E-state index in [4.69, 9.17) is 10.5 Å². The number of hydrogen-bond acceptors (Lipinski definition) is 5. The molecule has 142 valence electrons. The van der Waals surface area contributed by atoms with Crippen molar-refractivity contribution in [2.75, 3.05) is 18.5 Å². The maximum atomic E-state index is 12.1. The van der Waals surface area contributed by atoms with Crippen LogP contribution in [0.5, 0.6) is 5.75 Å². The molecular weight excluding hydrogens is 332 g/mol. The second-order valence-electron chi connectivity index (χ2n) is 6.33. The van der Waals surface area contributed by atoms with Crippen LogP contribution in [0, 0.1) is 0 Å². The third kappa shape index (κ3) is 5.40. The van der Waals surface area contributed by atoms with Gasteiger partial charge >= 0.3 is 0 Å². The van der Waals surface area contributed by atoms with Crippen LogP contribution in [0.3, 0.4) is 0 Å². The van der Waals surface area contributed by atoms with E-state index >= 15 is 0 Å². The van der Waals surface area contributed by atoms with Crippen molar-refractivity contribution in [3.05, 3.63) is 35.2 Å². The number of hydrogen-bond donors (Lipinski definition) is 4. The molecule has 1 saturated carbocycles. The molecule has 2 amide bonds. The Kier molecular flexibility index (Phi) is 6.89. The van der Waals surface area contributed by atoms with Crippen molar-refractivity contribution in [3.63, 3.8) is 0 Å². The molecule has 1 fully saturated rings. The molecule has 0 saturated heterocycles.